The van der Waals surface area contributed by atoms with E-state index in [1.54, 1.807) is 19.4 Å². The summed E-state index contributed by atoms with van der Waals surface area (Å²) in [5, 5.41) is 8.88. The number of alkyl halides is 3. The summed E-state index contributed by atoms with van der Waals surface area (Å²) < 4.78 is 62.5. The van der Waals surface area contributed by atoms with Crippen LogP contribution in [0.3, 0.4) is 0 Å². The standard InChI is InChI=1S/C26H26F4N6O2/c1-3-31-21-13-20-18(14-33-21)24(15-9-11-35(2)22(37)12-15)34-36(20)16-4-6-17(7-5-16)38-25-23(27)19(8-10-32-25)26(28,29)30/h8-14,16-17H,3-7H2,1-2H3,(H,31,33)/t16-,17+. The fraction of sp³-hybridized carbons (Fsp3) is 0.385. The molecule has 38 heavy (non-hydrogen) atoms. The van der Waals surface area contributed by atoms with Crippen LogP contribution in [0.2, 0.25) is 0 Å². The van der Waals surface area contributed by atoms with Crippen molar-refractivity contribution in [1.29, 1.82) is 0 Å². The van der Waals surface area contributed by atoms with E-state index in [9.17, 15) is 22.4 Å². The van der Waals surface area contributed by atoms with Gasteiger partial charge < -0.3 is 14.6 Å². The Morgan fingerprint density at radius 2 is 1.89 bits per heavy atom. The zero-order valence-electron chi connectivity index (χ0n) is 20.8. The molecule has 4 aromatic rings. The van der Waals surface area contributed by atoms with Gasteiger partial charge in [-0.2, -0.15) is 18.3 Å². The minimum absolute atomic E-state index is 0.0335. The van der Waals surface area contributed by atoms with E-state index in [1.807, 2.05) is 23.7 Å². The highest BCUT2D eigenvalue weighted by Crippen LogP contribution is 2.38. The third kappa shape index (κ3) is 4.94. The number of fused-ring (bicyclic) bond motifs is 1. The number of hydrogen-bond acceptors (Lipinski definition) is 6. The van der Waals surface area contributed by atoms with Crippen molar-refractivity contribution in [3.05, 3.63) is 64.6 Å². The first kappa shape index (κ1) is 25.7. The fourth-order valence-corrected chi connectivity index (χ4v) is 4.79. The van der Waals surface area contributed by atoms with Crippen molar-refractivity contribution in [2.75, 3.05) is 11.9 Å². The van der Waals surface area contributed by atoms with Crippen LogP contribution in [0.15, 0.2) is 47.7 Å². The van der Waals surface area contributed by atoms with Crippen LogP contribution >= 0.6 is 0 Å². The average molecular weight is 531 g/mol. The van der Waals surface area contributed by atoms with E-state index in [0.29, 0.717) is 55.4 Å². The number of aromatic nitrogens is 5. The van der Waals surface area contributed by atoms with Crippen LogP contribution in [0.4, 0.5) is 23.4 Å². The second-order valence-electron chi connectivity index (χ2n) is 9.30. The number of nitrogens with zero attached hydrogens (tertiary/aromatic N) is 5. The average Bonchev–Trinajstić information content (AvgIpc) is 3.26. The van der Waals surface area contributed by atoms with Crippen molar-refractivity contribution < 1.29 is 22.3 Å². The highest BCUT2D eigenvalue weighted by molar-refractivity contribution is 5.93. The number of pyridine rings is 3. The number of hydrogen-bond donors (Lipinski definition) is 1. The molecule has 1 aliphatic carbocycles. The Morgan fingerprint density at radius 1 is 1.13 bits per heavy atom. The fourth-order valence-electron chi connectivity index (χ4n) is 4.79. The van der Waals surface area contributed by atoms with Gasteiger partial charge in [0.2, 0.25) is 0 Å². The van der Waals surface area contributed by atoms with Crippen LogP contribution < -0.4 is 15.6 Å². The Hall–Kier alpha value is -3.96. The summed E-state index contributed by atoms with van der Waals surface area (Å²) in [7, 11) is 1.67. The maximum absolute atomic E-state index is 14.4. The van der Waals surface area contributed by atoms with Gasteiger partial charge in [0.1, 0.15) is 17.6 Å². The summed E-state index contributed by atoms with van der Waals surface area (Å²) >= 11 is 0. The molecule has 12 heteroatoms. The van der Waals surface area contributed by atoms with E-state index in [-0.39, 0.29) is 11.6 Å². The molecule has 5 rings (SSSR count). The van der Waals surface area contributed by atoms with Gasteiger partial charge in [0.05, 0.1) is 17.1 Å². The van der Waals surface area contributed by atoms with Gasteiger partial charge in [-0.3, -0.25) is 9.48 Å². The lowest BCUT2D eigenvalue weighted by molar-refractivity contribution is -0.140. The minimum Gasteiger partial charge on any atom is -0.472 e. The van der Waals surface area contributed by atoms with Crippen LogP contribution in [0.5, 0.6) is 5.88 Å². The predicted octanol–water partition coefficient (Wildman–Crippen LogP) is 5.34. The van der Waals surface area contributed by atoms with Gasteiger partial charge >= 0.3 is 6.18 Å². The smallest absolute Gasteiger partial charge is 0.419 e. The van der Waals surface area contributed by atoms with Crippen molar-refractivity contribution in [3.8, 4) is 17.1 Å². The molecular formula is C26H26F4N6O2. The van der Waals surface area contributed by atoms with E-state index in [4.69, 9.17) is 9.84 Å². The molecule has 1 fully saturated rings. The Labute approximate surface area is 215 Å². The van der Waals surface area contributed by atoms with Crippen molar-refractivity contribution >= 4 is 16.7 Å². The lowest BCUT2D eigenvalue weighted by atomic mass is 9.93. The Kier molecular flexibility index (Phi) is 6.80. The van der Waals surface area contributed by atoms with Crippen molar-refractivity contribution in [2.24, 2.45) is 7.05 Å². The van der Waals surface area contributed by atoms with Gasteiger partial charge in [0, 0.05) is 55.3 Å². The molecule has 1 N–H and O–H groups in total. The number of halogens is 4. The van der Waals surface area contributed by atoms with Crippen molar-refractivity contribution in [3.63, 3.8) is 0 Å². The molecule has 0 aliphatic heterocycles. The van der Waals surface area contributed by atoms with Crippen molar-refractivity contribution in [1.82, 2.24) is 24.3 Å². The molecule has 1 aliphatic rings. The highest BCUT2D eigenvalue weighted by atomic mass is 19.4. The first-order valence-electron chi connectivity index (χ1n) is 12.3. The van der Waals surface area contributed by atoms with Crippen LogP contribution in [-0.2, 0) is 13.2 Å². The number of ether oxygens (including phenoxy) is 1. The molecule has 0 aromatic carbocycles. The third-order valence-electron chi connectivity index (χ3n) is 6.76. The normalized spacial score (nSPS) is 18.1. The van der Waals surface area contributed by atoms with Gasteiger partial charge in [-0.25, -0.2) is 14.4 Å². The van der Waals surface area contributed by atoms with Crippen LogP contribution in [0.1, 0.15) is 44.2 Å². The topological polar surface area (TPSA) is 86.9 Å². The first-order valence-corrected chi connectivity index (χ1v) is 12.3. The maximum atomic E-state index is 14.4. The first-order chi connectivity index (χ1) is 18.2. The Morgan fingerprint density at radius 3 is 2.58 bits per heavy atom. The van der Waals surface area contributed by atoms with Crippen LogP contribution in [-0.4, -0.2) is 37.0 Å². The summed E-state index contributed by atoms with van der Waals surface area (Å²) in [6.45, 7) is 2.66. The molecule has 0 unspecified atom stereocenters. The lowest BCUT2D eigenvalue weighted by Crippen LogP contribution is -2.27. The molecule has 0 bridgehead atoms. The molecule has 4 aromatic heterocycles. The molecule has 0 amide bonds. The molecule has 0 saturated heterocycles. The van der Waals surface area contributed by atoms with E-state index < -0.39 is 29.5 Å². The summed E-state index contributed by atoms with van der Waals surface area (Å²) in [6.07, 6.45) is 1.20. The second kappa shape index (κ2) is 10.1. The number of anilines is 1. The van der Waals surface area contributed by atoms with E-state index in [1.165, 1.54) is 10.6 Å². The maximum Gasteiger partial charge on any atom is 0.419 e. The molecule has 4 heterocycles. The Balaban J connectivity index is 1.41. The molecule has 0 radical (unpaired) electrons. The Bertz CT molecular complexity index is 1520. The van der Waals surface area contributed by atoms with E-state index >= 15 is 0 Å². The van der Waals surface area contributed by atoms with E-state index in [0.717, 1.165) is 17.1 Å². The van der Waals surface area contributed by atoms with Gasteiger partial charge in [0.25, 0.3) is 11.4 Å². The van der Waals surface area contributed by atoms with Crippen LogP contribution in [0, 0.1) is 5.82 Å². The molecular weight excluding hydrogens is 504 g/mol. The molecule has 0 spiro atoms. The predicted molar refractivity (Wildman–Crippen MR) is 133 cm³/mol. The summed E-state index contributed by atoms with van der Waals surface area (Å²) in [6, 6.07) is 5.84. The molecule has 200 valence electrons. The monoisotopic (exact) mass is 530 g/mol. The largest absolute Gasteiger partial charge is 0.472 e. The second-order valence-corrected chi connectivity index (χ2v) is 9.30. The molecule has 1 saturated carbocycles. The number of rotatable bonds is 6. The zero-order valence-corrected chi connectivity index (χ0v) is 20.8. The van der Waals surface area contributed by atoms with Crippen molar-refractivity contribution in [2.45, 2.75) is 50.9 Å². The number of nitrogens with one attached hydrogen (secondary N) is 1. The summed E-state index contributed by atoms with van der Waals surface area (Å²) in [4.78, 5) is 20.4. The van der Waals surface area contributed by atoms with Gasteiger partial charge in [-0.05, 0) is 44.7 Å². The summed E-state index contributed by atoms with van der Waals surface area (Å²) in [5.74, 6) is -1.44. The zero-order chi connectivity index (χ0) is 27.0. The lowest BCUT2D eigenvalue weighted by Gasteiger charge is -2.29. The highest BCUT2D eigenvalue weighted by Gasteiger charge is 2.36. The molecule has 8 nitrogen and oxygen atoms in total. The quantitative estimate of drug-likeness (QED) is 0.339. The van der Waals surface area contributed by atoms with Gasteiger partial charge in [0.15, 0.2) is 5.82 Å². The SMILES string of the molecule is CCNc1cc2c(cn1)c(-c1ccn(C)c(=O)c1)nn2[C@H]1CC[C@@H](Oc2nccc(C(F)(F)F)c2F)CC1. The van der Waals surface area contributed by atoms with E-state index in [2.05, 4.69) is 15.3 Å². The van der Waals surface area contributed by atoms with Gasteiger partial charge in [-0.15, -0.1) is 0 Å². The number of aryl methyl sites for hydroxylation is 1. The summed E-state index contributed by atoms with van der Waals surface area (Å²) in [5.41, 5.74) is 0.615. The van der Waals surface area contributed by atoms with Gasteiger partial charge in [-0.1, -0.05) is 0 Å². The minimum atomic E-state index is -4.83. The van der Waals surface area contributed by atoms with Crippen LogP contribution in [0.25, 0.3) is 22.2 Å². The third-order valence-corrected chi connectivity index (χ3v) is 6.76. The molecule has 0 atom stereocenters.